The van der Waals surface area contributed by atoms with E-state index in [2.05, 4.69) is 21.2 Å². The number of hydrogen-bond donors (Lipinski definition) is 1. The van der Waals surface area contributed by atoms with Gasteiger partial charge in [0, 0.05) is 28.8 Å². The molecule has 26 heavy (non-hydrogen) atoms. The molecular formula is C20H17BrN2O3. The minimum Gasteiger partial charge on any atom is -0.489 e. The molecule has 0 fully saturated rings. The average molecular weight is 413 g/mol. The number of benzene rings is 3. The quantitative estimate of drug-likeness (QED) is 0.408. The molecule has 3 aromatic rings. The van der Waals surface area contributed by atoms with Gasteiger partial charge in [-0.3, -0.25) is 10.1 Å². The summed E-state index contributed by atoms with van der Waals surface area (Å²) in [5, 5.41) is 13.9. The van der Waals surface area contributed by atoms with Crippen molar-refractivity contribution in [2.45, 2.75) is 13.2 Å². The lowest BCUT2D eigenvalue weighted by molar-refractivity contribution is -0.384. The zero-order valence-corrected chi connectivity index (χ0v) is 15.5. The first-order chi connectivity index (χ1) is 12.6. The number of nitro groups is 1. The van der Waals surface area contributed by atoms with Gasteiger partial charge in [0.05, 0.1) is 4.92 Å². The molecular weight excluding hydrogens is 396 g/mol. The highest BCUT2D eigenvalue weighted by Crippen LogP contribution is 2.18. The van der Waals surface area contributed by atoms with E-state index in [4.69, 9.17) is 4.74 Å². The van der Waals surface area contributed by atoms with E-state index in [0.717, 1.165) is 27.0 Å². The molecule has 6 heteroatoms. The van der Waals surface area contributed by atoms with Crippen LogP contribution in [0.15, 0.2) is 77.3 Å². The van der Waals surface area contributed by atoms with Crippen molar-refractivity contribution >= 4 is 27.3 Å². The van der Waals surface area contributed by atoms with Crippen LogP contribution in [-0.4, -0.2) is 4.92 Å². The maximum atomic E-state index is 10.7. The Morgan fingerprint density at radius 3 is 2.12 bits per heavy atom. The summed E-state index contributed by atoms with van der Waals surface area (Å²) < 4.78 is 6.83. The Labute approximate surface area is 159 Å². The molecule has 0 bridgehead atoms. The number of ether oxygens (including phenoxy) is 1. The Bertz CT molecular complexity index is 863. The number of nitrogens with one attached hydrogen (secondary N) is 1. The van der Waals surface area contributed by atoms with E-state index in [0.29, 0.717) is 13.2 Å². The minimum atomic E-state index is -0.406. The highest BCUT2D eigenvalue weighted by molar-refractivity contribution is 9.10. The van der Waals surface area contributed by atoms with Gasteiger partial charge in [-0.25, -0.2) is 0 Å². The third-order valence-electron chi connectivity index (χ3n) is 3.82. The van der Waals surface area contributed by atoms with Gasteiger partial charge in [-0.1, -0.05) is 40.2 Å². The maximum absolute atomic E-state index is 10.7. The van der Waals surface area contributed by atoms with Crippen LogP contribution >= 0.6 is 15.9 Å². The molecule has 0 radical (unpaired) electrons. The van der Waals surface area contributed by atoms with E-state index < -0.39 is 4.92 Å². The van der Waals surface area contributed by atoms with E-state index in [1.807, 2.05) is 48.5 Å². The second kappa shape index (κ2) is 8.49. The topological polar surface area (TPSA) is 64.4 Å². The fourth-order valence-corrected chi connectivity index (χ4v) is 2.62. The SMILES string of the molecule is O=[N+]([O-])c1ccc(NCc2ccc(OCc3ccc(Br)cc3)cc2)cc1. The molecule has 3 rings (SSSR count). The standard InChI is InChI=1S/C20H17BrN2O3/c21-17-5-1-16(2-6-17)14-26-20-11-3-15(4-12-20)13-22-18-7-9-19(10-8-18)23(24)25/h1-12,22H,13-14H2. The average Bonchev–Trinajstić information content (AvgIpc) is 2.67. The molecule has 0 heterocycles. The van der Waals surface area contributed by atoms with Crippen molar-refractivity contribution in [2.75, 3.05) is 5.32 Å². The molecule has 1 N–H and O–H groups in total. The molecule has 0 atom stereocenters. The number of non-ortho nitro benzene ring substituents is 1. The van der Waals surface area contributed by atoms with Crippen LogP contribution < -0.4 is 10.1 Å². The molecule has 0 saturated heterocycles. The summed E-state index contributed by atoms with van der Waals surface area (Å²) in [5.41, 5.74) is 3.13. The van der Waals surface area contributed by atoms with Crippen molar-refractivity contribution in [1.29, 1.82) is 0 Å². The van der Waals surface area contributed by atoms with Crippen LogP contribution in [-0.2, 0) is 13.2 Å². The zero-order chi connectivity index (χ0) is 18.4. The van der Waals surface area contributed by atoms with Crippen LogP contribution in [0.4, 0.5) is 11.4 Å². The van der Waals surface area contributed by atoms with Crippen molar-refractivity contribution in [3.05, 3.63) is 98.5 Å². The normalized spacial score (nSPS) is 10.3. The van der Waals surface area contributed by atoms with Crippen molar-refractivity contribution < 1.29 is 9.66 Å². The molecule has 0 spiro atoms. The summed E-state index contributed by atoms with van der Waals surface area (Å²) in [4.78, 5) is 10.2. The number of anilines is 1. The third kappa shape index (κ3) is 5.07. The Morgan fingerprint density at radius 2 is 1.50 bits per heavy atom. The van der Waals surface area contributed by atoms with Crippen LogP contribution in [0, 0.1) is 10.1 Å². The number of rotatable bonds is 7. The van der Waals surface area contributed by atoms with Gasteiger partial charge in [0.2, 0.25) is 0 Å². The van der Waals surface area contributed by atoms with Gasteiger partial charge in [0.1, 0.15) is 12.4 Å². The first-order valence-corrected chi connectivity index (χ1v) is 8.84. The summed E-state index contributed by atoms with van der Waals surface area (Å²) in [7, 11) is 0. The molecule has 3 aromatic carbocycles. The zero-order valence-electron chi connectivity index (χ0n) is 13.9. The smallest absolute Gasteiger partial charge is 0.269 e. The number of nitrogens with zero attached hydrogens (tertiary/aromatic N) is 1. The van der Waals surface area contributed by atoms with Gasteiger partial charge in [0.25, 0.3) is 5.69 Å². The summed E-state index contributed by atoms with van der Waals surface area (Å²) in [5.74, 6) is 0.812. The van der Waals surface area contributed by atoms with Gasteiger partial charge < -0.3 is 10.1 Å². The second-order valence-corrected chi connectivity index (χ2v) is 6.63. The highest BCUT2D eigenvalue weighted by atomic mass is 79.9. The lowest BCUT2D eigenvalue weighted by Crippen LogP contribution is -2.00. The summed E-state index contributed by atoms with van der Waals surface area (Å²) >= 11 is 3.41. The van der Waals surface area contributed by atoms with E-state index in [9.17, 15) is 10.1 Å². The monoisotopic (exact) mass is 412 g/mol. The van der Waals surface area contributed by atoms with Gasteiger partial charge in [-0.05, 0) is 47.5 Å². The maximum Gasteiger partial charge on any atom is 0.269 e. The van der Waals surface area contributed by atoms with Crippen LogP contribution in [0.1, 0.15) is 11.1 Å². The molecule has 0 saturated carbocycles. The minimum absolute atomic E-state index is 0.0859. The van der Waals surface area contributed by atoms with Gasteiger partial charge in [0.15, 0.2) is 0 Å². The highest BCUT2D eigenvalue weighted by Gasteiger charge is 2.04. The number of halogens is 1. The van der Waals surface area contributed by atoms with Gasteiger partial charge >= 0.3 is 0 Å². The molecule has 0 unspecified atom stereocenters. The van der Waals surface area contributed by atoms with Crippen LogP contribution in [0.2, 0.25) is 0 Å². The van der Waals surface area contributed by atoms with E-state index in [1.165, 1.54) is 12.1 Å². The van der Waals surface area contributed by atoms with Crippen molar-refractivity contribution in [3.63, 3.8) is 0 Å². The van der Waals surface area contributed by atoms with E-state index in [1.54, 1.807) is 12.1 Å². The fraction of sp³-hybridized carbons (Fsp3) is 0.100. The van der Waals surface area contributed by atoms with Crippen molar-refractivity contribution in [3.8, 4) is 5.75 Å². The number of hydrogen-bond acceptors (Lipinski definition) is 4. The largest absolute Gasteiger partial charge is 0.489 e. The van der Waals surface area contributed by atoms with Crippen LogP contribution in [0.3, 0.4) is 0 Å². The van der Waals surface area contributed by atoms with E-state index >= 15 is 0 Å². The molecule has 132 valence electrons. The molecule has 0 amide bonds. The second-order valence-electron chi connectivity index (χ2n) is 5.72. The van der Waals surface area contributed by atoms with Crippen molar-refractivity contribution in [2.24, 2.45) is 0 Å². The lowest BCUT2D eigenvalue weighted by atomic mass is 10.2. The predicted molar refractivity (Wildman–Crippen MR) is 105 cm³/mol. The molecule has 0 aliphatic carbocycles. The summed E-state index contributed by atoms with van der Waals surface area (Å²) in [6.07, 6.45) is 0. The van der Waals surface area contributed by atoms with Crippen LogP contribution in [0.5, 0.6) is 5.75 Å². The molecule has 0 aromatic heterocycles. The molecule has 0 aliphatic heterocycles. The van der Waals surface area contributed by atoms with Gasteiger partial charge in [-0.15, -0.1) is 0 Å². The van der Waals surface area contributed by atoms with Crippen molar-refractivity contribution in [1.82, 2.24) is 0 Å². The first-order valence-electron chi connectivity index (χ1n) is 8.05. The fourth-order valence-electron chi connectivity index (χ4n) is 2.36. The van der Waals surface area contributed by atoms with Gasteiger partial charge in [-0.2, -0.15) is 0 Å². The molecule has 0 aliphatic rings. The number of nitro benzene ring substituents is 1. The Balaban J connectivity index is 1.50. The lowest BCUT2D eigenvalue weighted by Gasteiger charge is -2.09. The Kier molecular flexibility index (Phi) is 5.86. The Morgan fingerprint density at radius 1 is 0.885 bits per heavy atom. The Hall–Kier alpha value is -2.86. The first kappa shape index (κ1) is 17.9. The summed E-state index contributed by atoms with van der Waals surface area (Å²) in [6.45, 7) is 1.15. The predicted octanol–water partition coefficient (Wildman–Crippen LogP) is 5.55. The molecule has 5 nitrogen and oxygen atoms in total. The third-order valence-corrected chi connectivity index (χ3v) is 4.35. The van der Waals surface area contributed by atoms with E-state index in [-0.39, 0.29) is 5.69 Å². The summed E-state index contributed by atoms with van der Waals surface area (Å²) in [6, 6.07) is 22.3. The van der Waals surface area contributed by atoms with Crippen LogP contribution in [0.25, 0.3) is 0 Å².